The van der Waals surface area contributed by atoms with E-state index in [1.165, 1.54) is 4.90 Å². The zero-order chi connectivity index (χ0) is 16.9. The topological polar surface area (TPSA) is 67.9 Å². The first-order valence-electron chi connectivity index (χ1n) is 8.49. The molecule has 1 atom stereocenters. The van der Waals surface area contributed by atoms with Crippen LogP contribution in [0, 0.1) is 5.92 Å². The number of hydrogen-bond donors (Lipinski definition) is 1. The van der Waals surface area contributed by atoms with E-state index in [0.717, 1.165) is 30.6 Å². The summed E-state index contributed by atoms with van der Waals surface area (Å²) in [4.78, 5) is 26.5. The van der Waals surface area contributed by atoms with Crippen molar-refractivity contribution in [3.8, 4) is 5.75 Å². The molecule has 2 fully saturated rings. The summed E-state index contributed by atoms with van der Waals surface area (Å²) < 4.78 is 11.2. The fraction of sp³-hybridized carbons (Fsp3) is 0.556. The number of rotatable bonds is 2. The van der Waals surface area contributed by atoms with Crippen LogP contribution in [0.3, 0.4) is 0 Å². The van der Waals surface area contributed by atoms with Gasteiger partial charge in [0.15, 0.2) is 0 Å². The Hall–Kier alpha value is -2.08. The predicted molar refractivity (Wildman–Crippen MR) is 88.2 cm³/mol. The molecule has 4 rings (SSSR count). The van der Waals surface area contributed by atoms with E-state index in [0.29, 0.717) is 18.9 Å². The fourth-order valence-corrected chi connectivity index (χ4v) is 3.85. The molecule has 0 aliphatic carbocycles. The Morgan fingerprint density at radius 3 is 2.71 bits per heavy atom. The largest absolute Gasteiger partial charge is 0.487 e. The van der Waals surface area contributed by atoms with Crippen molar-refractivity contribution >= 4 is 17.6 Å². The first-order valence-corrected chi connectivity index (χ1v) is 8.49. The quantitative estimate of drug-likeness (QED) is 0.845. The summed E-state index contributed by atoms with van der Waals surface area (Å²) in [6.45, 7) is 5.36. The van der Waals surface area contributed by atoms with Crippen molar-refractivity contribution in [2.45, 2.75) is 44.8 Å². The van der Waals surface area contributed by atoms with Crippen LogP contribution in [-0.2, 0) is 16.0 Å². The Bertz CT molecular complexity index is 694. The maximum atomic E-state index is 12.8. The number of nitrogens with zero attached hydrogens (tertiary/aromatic N) is 1. The van der Waals surface area contributed by atoms with Gasteiger partial charge >= 0.3 is 6.03 Å². The highest BCUT2D eigenvalue weighted by Crippen LogP contribution is 2.38. The number of benzene rings is 1. The second-order valence-electron chi connectivity index (χ2n) is 7.38. The number of nitrogens with one attached hydrogen (secondary N) is 1. The number of ether oxygens (including phenoxy) is 2. The van der Waals surface area contributed by atoms with Crippen LogP contribution in [0.4, 0.5) is 10.5 Å². The van der Waals surface area contributed by atoms with Crippen LogP contribution < -0.4 is 15.0 Å². The maximum absolute atomic E-state index is 12.8. The molecule has 3 heterocycles. The molecule has 3 aliphatic heterocycles. The summed E-state index contributed by atoms with van der Waals surface area (Å²) >= 11 is 0. The van der Waals surface area contributed by atoms with Crippen LogP contribution in [0.2, 0.25) is 0 Å². The van der Waals surface area contributed by atoms with Gasteiger partial charge in [-0.05, 0) is 50.8 Å². The van der Waals surface area contributed by atoms with Crippen molar-refractivity contribution in [3.05, 3.63) is 23.8 Å². The Morgan fingerprint density at radius 1 is 1.21 bits per heavy atom. The fourth-order valence-electron chi connectivity index (χ4n) is 3.85. The van der Waals surface area contributed by atoms with Gasteiger partial charge in [0.25, 0.3) is 5.91 Å². The average molecular weight is 330 g/mol. The van der Waals surface area contributed by atoms with Gasteiger partial charge in [-0.15, -0.1) is 0 Å². The van der Waals surface area contributed by atoms with Crippen LogP contribution in [0.25, 0.3) is 0 Å². The van der Waals surface area contributed by atoms with Crippen molar-refractivity contribution in [3.63, 3.8) is 0 Å². The highest BCUT2D eigenvalue weighted by Gasteiger charge is 2.44. The van der Waals surface area contributed by atoms with Crippen molar-refractivity contribution in [1.82, 2.24) is 5.32 Å². The lowest BCUT2D eigenvalue weighted by Gasteiger charge is -2.25. The van der Waals surface area contributed by atoms with Gasteiger partial charge in [-0.3, -0.25) is 4.79 Å². The standard InChI is InChI=1S/C18H22N2O4/c1-18(2)10-12-9-13(3-4-14(12)24-18)20-16(21)15(19-17(20)22)11-5-7-23-8-6-11/h3-4,9,11,15H,5-8,10H2,1-2H3,(H,19,22). The van der Waals surface area contributed by atoms with Crippen molar-refractivity contribution in [2.24, 2.45) is 5.92 Å². The molecule has 2 saturated heterocycles. The molecule has 0 radical (unpaired) electrons. The van der Waals surface area contributed by atoms with Crippen molar-refractivity contribution in [2.75, 3.05) is 18.1 Å². The number of fused-ring (bicyclic) bond motifs is 1. The predicted octanol–water partition coefficient (Wildman–Crippen LogP) is 2.25. The number of imide groups is 1. The molecule has 128 valence electrons. The van der Waals surface area contributed by atoms with Crippen LogP contribution in [0.1, 0.15) is 32.3 Å². The third-order valence-corrected chi connectivity index (χ3v) is 5.01. The van der Waals surface area contributed by atoms with E-state index in [1.807, 2.05) is 26.0 Å². The number of carbonyl (C=O) groups is 2. The second kappa shape index (κ2) is 5.48. The number of carbonyl (C=O) groups excluding carboxylic acids is 2. The van der Waals surface area contributed by atoms with Crippen LogP contribution in [0.5, 0.6) is 5.75 Å². The lowest BCUT2D eigenvalue weighted by molar-refractivity contribution is -0.120. The van der Waals surface area contributed by atoms with Crippen LogP contribution in [0.15, 0.2) is 18.2 Å². The second-order valence-corrected chi connectivity index (χ2v) is 7.38. The van der Waals surface area contributed by atoms with Gasteiger partial charge in [0.1, 0.15) is 17.4 Å². The minimum Gasteiger partial charge on any atom is -0.487 e. The average Bonchev–Trinajstić information content (AvgIpc) is 3.01. The summed E-state index contributed by atoms with van der Waals surface area (Å²) in [6, 6.07) is 4.75. The van der Waals surface area contributed by atoms with Gasteiger partial charge in [0.2, 0.25) is 0 Å². The smallest absolute Gasteiger partial charge is 0.329 e. The number of hydrogen-bond acceptors (Lipinski definition) is 4. The van der Waals surface area contributed by atoms with Crippen molar-refractivity contribution < 1.29 is 19.1 Å². The molecular weight excluding hydrogens is 308 g/mol. The molecule has 3 aliphatic rings. The first-order chi connectivity index (χ1) is 11.4. The molecule has 0 bridgehead atoms. The summed E-state index contributed by atoms with van der Waals surface area (Å²) in [5.74, 6) is 0.818. The van der Waals surface area contributed by atoms with E-state index >= 15 is 0 Å². The van der Waals surface area contributed by atoms with E-state index in [9.17, 15) is 9.59 Å². The zero-order valence-electron chi connectivity index (χ0n) is 14.0. The Kier molecular flexibility index (Phi) is 3.53. The Labute approximate surface area is 141 Å². The molecule has 6 heteroatoms. The highest BCUT2D eigenvalue weighted by atomic mass is 16.5. The van der Waals surface area contributed by atoms with Gasteiger partial charge in [-0.2, -0.15) is 0 Å². The van der Waals surface area contributed by atoms with Crippen LogP contribution >= 0.6 is 0 Å². The highest BCUT2D eigenvalue weighted by molar-refractivity contribution is 6.21. The molecule has 1 aromatic carbocycles. The Balaban J connectivity index is 1.58. The molecule has 3 amide bonds. The third-order valence-electron chi connectivity index (χ3n) is 5.01. The number of urea groups is 1. The van der Waals surface area contributed by atoms with Gasteiger partial charge in [0, 0.05) is 25.2 Å². The van der Waals surface area contributed by atoms with Gasteiger partial charge < -0.3 is 14.8 Å². The third kappa shape index (κ3) is 2.55. The molecule has 1 N–H and O–H groups in total. The molecule has 0 saturated carbocycles. The first kappa shape index (κ1) is 15.4. The molecule has 24 heavy (non-hydrogen) atoms. The van der Waals surface area contributed by atoms with Gasteiger partial charge in [-0.1, -0.05) is 0 Å². The number of anilines is 1. The molecule has 1 unspecified atom stereocenters. The number of amides is 3. The van der Waals surface area contributed by atoms with Crippen molar-refractivity contribution in [1.29, 1.82) is 0 Å². The summed E-state index contributed by atoms with van der Waals surface area (Å²) in [6.07, 6.45) is 2.37. The molecule has 6 nitrogen and oxygen atoms in total. The lowest BCUT2D eigenvalue weighted by atomic mass is 9.91. The normalized spacial score (nSPS) is 26.2. The zero-order valence-corrected chi connectivity index (χ0v) is 14.0. The minimum atomic E-state index is -0.442. The van der Waals surface area contributed by atoms with Gasteiger partial charge in [-0.25, -0.2) is 9.69 Å². The maximum Gasteiger partial charge on any atom is 0.329 e. The van der Waals surface area contributed by atoms with E-state index in [-0.39, 0.29) is 23.5 Å². The van der Waals surface area contributed by atoms with E-state index in [2.05, 4.69) is 5.32 Å². The van der Waals surface area contributed by atoms with E-state index in [1.54, 1.807) is 6.07 Å². The summed E-state index contributed by atoms with van der Waals surface area (Å²) in [5, 5.41) is 2.86. The lowest BCUT2D eigenvalue weighted by Crippen LogP contribution is -2.40. The summed E-state index contributed by atoms with van der Waals surface area (Å²) in [5.41, 5.74) is 1.41. The molecule has 1 aromatic rings. The van der Waals surface area contributed by atoms with E-state index in [4.69, 9.17) is 9.47 Å². The SMILES string of the molecule is CC1(C)Cc2cc(N3C(=O)NC(C4CCOCC4)C3=O)ccc2O1. The van der Waals surface area contributed by atoms with E-state index < -0.39 is 6.04 Å². The minimum absolute atomic E-state index is 0.150. The Morgan fingerprint density at radius 2 is 1.96 bits per heavy atom. The molecule has 0 spiro atoms. The summed E-state index contributed by atoms with van der Waals surface area (Å²) in [7, 11) is 0. The molecular formula is C18H22N2O4. The van der Waals surface area contributed by atoms with Gasteiger partial charge in [0.05, 0.1) is 5.69 Å². The molecule has 0 aromatic heterocycles. The van der Waals surface area contributed by atoms with Crippen LogP contribution in [-0.4, -0.2) is 36.8 Å². The monoisotopic (exact) mass is 330 g/mol.